The number of benzene rings is 1. The largest absolute Gasteiger partial charge is 0.409 e. The maximum absolute atomic E-state index is 13.2. The lowest BCUT2D eigenvalue weighted by Gasteiger charge is -2.22. The third-order valence-corrected chi connectivity index (χ3v) is 2.89. The molecule has 0 amide bonds. The van der Waals surface area contributed by atoms with Crippen molar-refractivity contribution in [2.45, 2.75) is 25.6 Å². The number of aromatic nitrogens is 2. The Bertz CT molecular complexity index is 534. The lowest BCUT2D eigenvalue weighted by molar-refractivity contribution is -0.158. The maximum Gasteiger partial charge on any atom is 0.409 e. The van der Waals surface area contributed by atoms with Gasteiger partial charge in [-0.1, -0.05) is 25.1 Å². The van der Waals surface area contributed by atoms with Gasteiger partial charge < -0.3 is 5.32 Å². The first-order chi connectivity index (χ1) is 9.54. The first kappa shape index (κ1) is 14.6. The van der Waals surface area contributed by atoms with E-state index in [1.807, 2.05) is 13.0 Å². The molecule has 2 aromatic rings. The Morgan fingerprint density at radius 3 is 2.50 bits per heavy atom. The van der Waals surface area contributed by atoms with E-state index in [1.165, 1.54) is 16.9 Å². The topological polar surface area (TPSA) is 29.9 Å². The second kappa shape index (κ2) is 6.09. The fourth-order valence-corrected chi connectivity index (χ4v) is 1.99. The summed E-state index contributed by atoms with van der Waals surface area (Å²) in [5, 5.41) is 6.54. The number of hydrogen-bond acceptors (Lipinski definition) is 2. The Balaban J connectivity index is 2.38. The van der Waals surface area contributed by atoms with Crippen molar-refractivity contribution in [2.75, 3.05) is 6.54 Å². The van der Waals surface area contributed by atoms with Gasteiger partial charge in [0.25, 0.3) is 0 Å². The van der Waals surface area contributed by atoms with Crippen molar-refractivity contribution >= 4 is 0 Å². The summed E-state index contributed by atoms with van der Waals surface area (Å²) in [4.78, 5) is 0. The lowest BCUT2D eigenvalue weighted by Crippen LogP contribution is -2.36. The van der Waals surface area contributed by atoms with Gasteiger partial charge in [-0.15, -0.1) is 0 Å². The second-order valence-electron chi connectivity index (χ2n) is 4.43. The summed E-state index contributed by atoms with van der Waals surface area (Å²) in [6.45, 7) is 2.12. The molecule has 0 fully saturated rings. The molecule has 1 atom stereocenters. The number of alkyl halides is 3. The summed E-state index contributed by atoms with van der Waals surface area (Å²) in [5.41, 5.74) is 0.706. The zero-order chi connectivity index (χ0) is 14.6. The van der Waals surface area contributed by atoms with Crippen LogP contribution in [0.2, 0.25) is 0 Å². The quantitative estimate of drug-likeness (QED) is 0.910. The highest BCUT2D eigenvalue weighted by Gasteiger charge is 2.42. The molecule has 0 spiro atoms. The van der Waals surface area contributed by atoms with Crippen molar-refractivity contribution in [2.24, 2.45) is 0 Å². The molecule has 1 unspecified atom stereocenters. The molecule has 0 aliphatic heterocycles. The van der Waals surface area contributed by atoms with Gasteiger partial charge >= 0.3 is 6.18 Å². The number of rotatable bonds is 5. The van der Waals surface area contributed by atoms with Gasteiger partial charge in [-0.3, -0.25) is 0 Å². The van der Waals surface area contributed by atoms with E-state index < -0.39 is 12.2 Å². The lowest BCUT2D eigenvalue weighted by atomic mass is 10.2. The van der Waals surface area contributed by atoms with Crippen LogP contribution in [0, 0.1) is 0 Å². The van der Waals surface area contributed by atoms with Crippen molar-refractivity contribution in [1.29, 1.82) is 0 Å². The first-order valence-electron chi connectivity index (χ1n) is 6.43. The van der Waals surface area contributed by atoms with Crippen LogP contribution in [0.1, 0.15) is 25.1 Å². The zero-order valence-electron chi connectivity index (χ0n) is 11.1. The minimum atomic E-state index is -4.36. The molecule has 3 nitrogen and oxygen atoms in total. The Kier molecular flexibility index (Phi) is 4.44. The molecular weight excluding hydrogens is 267 g/mol. The highest BCUT2D eigenvalue weighted by Crippen LogP contribution is 2.33. The fourth-order valence-electron chi connectivity index (χ4n) is 1.99. The molecular formula is C14H16F3N3. The van der Waals surface area contributed by atoms with Crippen molar-refractivity contribution in [3.63, 3.8) is 0 Å². The molecule has 0 saturated heterocycles. The Morgan fingerprint density at radius 2 is 1.90 bits per heavy atom. The highest BCUT2D eigenvalue weighted by atomic mass is 19.4. The predicted octanol–water partition coefficient (Wildman–Crippen LogP) is 3.48. The van der Waals surface area contributed by atoms with Crippen LogP contribution in [0.25, 0.3) is 5.69 Å². The van der Waals surface area contributed by atoms with Crippen LogP contribution in [0.15, 0.2) is 42.6 Å². The summed E-state index contributed by atoms with van der Waals surface area (Å²) >= 11 is 0. The molecule has 1 aromatic carbocycles. The second-order valence-corrected chi connectivity index (χ2v) is 4.43. The first-order valence-corrected chi connectivity index (χ1v) is 6.43. The maximum atomic E-state index is 13.2. The number of halogens is 3. The van der Waals surface area contributed by atoms with Gasteiger partial charge in [0.1, 0.15) is 6.04 Å². The molecule has 108 valence electrons. The van der Waals surface area contributed by atoms with Crippen LogP contribution >= 0.6 is 0 Å². The van der Waals surface area contributed by atoms with Crippen LogP contribution < -0.4 is 5.32 Å². The summed E-state index contributed by atoms with van der Waals surface area (Å²) < 4.78 is 40.9. The average Bonchev–Trinajstić information content (AvgIpc) is 2.88. The van der Waals surface area contributed by atoms with Crippen LogP contribution in [-0.4, -0.2) is 22.5 Å². The van der Waals surface area contributed by atoms with E-state index in [1.54, 1.807) is 24.3 Å². The third-order valence-electron chi connectivity index (χ3n) is 2.89. The summed E-state index contributed by atoms with van der Waals surface area (Å²) in [6, 6.07) is 8.47. The van der Waals surface area contributed by atoms with E-state index in [9.17, 15) is 13.2 Å². The molecule has 1 heterocycles. The Morgan fingerprint density at radius 1 is 1.20 bits per heavy atom. The van der Waals surface area contributed by atoms with Crippen LogP contribution in [0.4, 0.5) is 13.2 Å². The molecule has 1 aromatic heterocycles. The minimum Gasteiger partial charge on any atom is -0.301 e. The monoisotopic (exact) mass is 283 g/mol. The van der Waals surface area contributed by atoms with E-state index in [0.29, 0.717) is 18.7 Å². The van der Waals surface area contributed by atoms with Gasteiger partial charge in [-0.05, 0) is 31.2 Å². The van der Waals surface area contributed by atoms with E-state index in [-0.39, 0.29) is 5.69 Å². The molecule has 0 aliphatic rings. The highest BCUT2D eigenvalue weighted by molar-refractivity contribution is 5.33. The molecule has 20 heavy (non-hydrogen) atoms. The SMILES string of the molecule is CCCNC(c1ccnn1-c1ccccc1)C(F)(F)F. The van der Waals surface area contributed by atoms with Crippen LogP contribution in [0.3, 0.4) is 0 Å². The van der Waals surface area contributed by atoms with Gasteiger partial charge in [0.2, 0.25) is 0 Å². The van der Waals surface area contributed by atoms with Gasteiger partial charge in [0, 0.05) is 6.20 Å². The molecule has 1 N–H and O–H groups in total. The van der Waals surface area contributed by atoms with Crippen LogP contribution in [-0.2, 0) is 0 Å². The standard InChI is InChI=1S/C14H16F3N3/c1-2-9-18-13(14(15,16)17)12-8-10-19-20(12)11-6-4-3-5-7-11/h3-8,10,13,18H,2,9H2,1H3. The molecule has 0 bridgehead atoms. The molecule has 0 aliphatic carbocycles. The smallest absolute Gasteiger partial charge is 0.301 e. The number of nitrogens with one attached hydrogen (secondary N) is 1. The van der Waals surface area contributed by atoms with Crippen molar-refractivity contribution < 1.29 is 13.2 Å². The number of hydrogen-bond donors (Lipinski definition) is 1. The third kappa shape index (κ3) is 3.19. The van der Waals surface area contributed by atoms with Crippen LogP contribution in [0.5, 0.6) is 0 Å². The summed E-state index contributed by atoms with van der Waals surface area (Å²) in [7, 11) is 0. The Hall–Kier alpha value is -1.82. The van der Waals surface area contributed by atoms with Gasteiger partial charge in [0.05, 0.1) is 11.4 Å². The Labute approximate surface area is 115 Å². The van der Waals surface area contributed by atoms with E-state index in [2.05, 4.69) is 10.4 Å². The molecule has 2 rings (SSSR count). The van der Waals surface area contributed by atoms with Crippen molar-refractivity contribution in [1.82, 2.24) is 15.1 Å². The average molecular weight is 283 g/mol. The molecule has 6 heteroatoms. The summed E-state index contributed by atoms with van der Waals surface area (Å²) in [6.07, 6.45) is -2.34. The van der Waals surface area contributed by atoms with Gasteiger partial charge in [0.15, 0.2) is 0 Å². The summed E-state index contributed by atoms with van der Waals surface area (Å²) in [5.74, 6) is 0. The van der Waals surface area contributed by atoms with E-state index in [4.69, 9.17) is 0 Å². The number of para-hydroxylation sites is 1. The van der Waals surface area contributed by atoms with E-state index in [0.717, 1.165) is 0 Å². The van der Waals surface area contributed by atoms with Gasteiger partial charge in [-0.2, -0.15) is 18.3 Å². The fraction of sp³-hybridized carbons (Fsp3) is 0.357. The minimum absolute atomic E-state index is 0.0946. The normalized spacial score (nSPS) is 13.4. The van der Waals surface area contributed by atoms with E-state index >= 15 is 0 Å². The molecule has 0 saturated carbocycles. The number of nitrogens with zero attached hydrogens (tertiary/aromatic N) is 2. The molecule has 0 radical (unpaired) electrons. The van der Waals surface area contributed by atoms with Gasteiger partial charge in [-0.25, -0.2) is 4.68 Å². The van der Waals surface area contributed by atoms with Crippen molar-refractivity contribution in [3.05, 3.63) is 48.3 Å². The van der Waals surface area contributed by atoms with Crippen molar-refractivity contribution in [3.8, 4) is 5.69 Å². The zero-order valence-corrected chi connectivity index (χ0v) is 11.1. The predicted molar refractivity (Wildman–Crippen MR) is 70.7 cm³/mol.